The molecule has 0 aromatic heterocycles. The lowest BCUT2D eigenvalue weighted by Crippen LogP contribution is -2.25. The fourth-order valence-electron chi connectivity index (χ4n) is 2.84. The highest BCUT2D eigenvalue weighted by Crippen LogP contribution is 2.25. The zero-order chi connectivity index (χ0) is 20.8. The highest BCUT2D eigenvalue weighted by molar-refractivity contribution is 5.66. The molecule has 28 heavy (non-hydrogen) atoms. The number of carboxylic acids is 1. The summed E-state index contributed by atoms with van der Waals surface area (Å²) in [5.41, 5.74) is 0. The maximum atomic E-state index is 10.4. The molecule has 0 bridgehead atoms. The Kier molecular flexibility index (Phi) is 12.4. The molecule has 1 heterocycles. The van der Waals surface area contributed by atoms with Crippen molar-refractivity contribution in [2.75, 3.05) is 0 Å². The maximum Gasteiger partial charge on any atom is 0.303 e. The molecular weight excluding hydrogens is 360 g/mol. The highest BCUT2D eigenvalue weighted by Gasteiger charge is 2.35. The maximum absolute atomic E-state index is 10.4. The van der Waals surface area contributed by atoms with Crippen LogP contribution in [-0.2, 0) is 9.53 Å². The van der Waals surface area contributed by atoms with Gasteiger partial charge in [0.05, 0.1) is 24.4 Å². The number of rotatable bonds is 13. The summed E-state index contributed by atoms with van der Waals surface area (Å²) in [7, 11) is 0. The normalized spacial score (nSPS) is 25.5. The van der Waals surface area contributed by atoms with Crippen LogP contribution in [-0.4, -0.2) is 56.9 Å². The molecule has 0 aliphatic carbocycles. The van der Waals surface area contributed by atoms with Gasteiger partial charge in [0.2, 0.25) is 0 Å². The zero-order valence-corrected chi connectivity index (χ0v) is 16.6. The first-order valence-corrected chi connectivity index (χ1v) is 9.98. The van der Waals surface area contributed by atoms with E-state index in [1.165, 1.54) is 0 Å². The van der Waals surface area contributed by atoms with Crippen LogP contribution in [0.4, 0.5) is 0 Å². The number of carboxylic acid groups (broad SMARTS) is 1. The quantitative estimate of drug-likeness (QED) is 0.358. The third kappa shape index (κ3) is 10.6. The summed E-state index contributed by atoms with van der Waals surface area (Å²) >= 11 is 0. The van der Waals surface area contributed by atoms with E-state index in [4.69, 9.17) is 9.84 Å². The minimum atomic E-state index is -0.805. The topological polar surface area (TPSA) is 107 Å². The Morgan fingerprint density at radius 2 is 1.82 bits per heavy atom. The monoisotopic (exact) mass is 394 g/mol. The zero-order valence-electron chi connectivity index (χ0n) is 16.6. The molecule has 1 aliphatic heterocycles. The smallest absolute Gasteiger partial charge is 0.303 e. The van der Waals surface area contributed by atoms with Gasteiger partial charge in [0, 0.05) is 12.8 Å². The molecule has 1 saturated heterocycles. The summed E-state index contributed by atoms with van der Waals surface area (Å²) in [6.07, 6.45) is 15.3. The number of carbonyl (C=O) groups is 1. The molecule has 1 fully saturated rings. The molecule has 0 saturated carbocycles. The van der Waals surface area contributed by atoms with Crippen molar-refractivity contribution in [3.8, 4) is 0 Å². The van der Waals surface area contributed by atoms with Crippen LogP contribution in [0, 0.1) is 0 Å². The van der Waals surface area contributed by atoms with E-state index < -0.39 is 36.5 Å². The van der Waals surface area contributed by atoms with Crippen molar-refractivity contribution in [2.45, 2.75) is 82.4 Å². The molecule has 0 radical (unpaired) electrons. The Balaban J connectivity index is 2.29. The molecule has 158 valence electrons. The standard InChI is InChI=1S/C22H34O6/c1-2-3-8-12-18(24)21-16-19(25)20(28-21)15-14-17(23)11-9-6-4-5-7-10-13-22(26)27/h3,5-9,14-15,17-21,23-25H,2,4,10-13,16H2,1H3,(H,26,27)/b7-5-,8-3-,9-6-,15-14+/t17-,18+,19-,20-,21-/m0/s1. The molecule has 0 unspecified atom stereocenters. The molecule has 5 atom stereocenters. The second kappa shape index (κ2) is 14.3. The van der Waals surface area contributed by atoms with Crippen LogP contribution in [0.3, 0.4) is 0 Å². The lowest BCUT2D eigenvalue weighted by Gasteiger charge is -2.16. The van der Waals surface area contributed by atoms with Gasteiger partial charge in [0.25, 0.3) is 0 Å². The van der Waals surface area contributed by atoms with Crippen LogP contribution in [0.1, 0.15) is 51.9 Å². The lowest BCUT2D eigenvalue weighted by molar-refractivity contribution is -0.136. The highest BCUT2D eigenvalue weighted by atomic mass is 16.5. The average Bonchev–Trinajstić information content (AvgIpc) is 3.03. The number of aliphatic hydroxyl groups is 3. The van der Waals surface area contributed by atoms with Crippen LogP contribution in [0.15, 0.2) is 48.6 Å². The van der Waals surface area contributed by atoms with Gasteiger partial charge in [-0.05, 0) is 32.1 Å². The summed E-state index contributed by atoms with van der Waals surface area (Å²) in [5.74, 6) is -0.805. The van der Waals surface area contributed by atoms with Crippen molar-refractivity contribution in [1.82, 2.24) is 0 Å². The van der Waals surface area contributed by atoms with Crippen molar-refractivity contribution in [2.24, 2.45) is 0 Å². The summed E-state index contributed by atoms with van der Waals surface area (Å²) in [6.45, 7) is 2.03. The molecule has 6 heteroatoms. The summed E-state index contributed by atoms with van der Waals surface area (Å²) in [5, 5.41) is 38.8. The SMILES string of the molecule is CC/C=C\C[C@@H](O)[C@@H]1C[C@H](O)[C@H](/C=C/[C@@H](O)C/C=C\C/C=C\CCC(=O)O)O1. The Bertz CT molecular complexity index is 551. The van der Waals surface area contributed by atoms with E-state index in [1.54, 1.807) is 12.2 Å². The first-order valence-electron chi connectivity index (χ1n) is 9.98. The molecule has 6 nitrogen and oxygen atoms in total. The molecule has 1 rings (SSSR count). The van der Waals surface area contributed by atoms with Crippen LogP contribution in [0.25, 0.3) is 0 Å². The van der Waals surface area contributed by atoms with E-state index in [-0.39, 0.29) is 6.42 Å². The first-order chi connectivity index (χ1) is 13.4. The Labute approximate surface area is 167 Å². The van der Waals surface area contributed by atoms with E-state index in [0.717, 1.165) is 6.42 Å². The van der Waals surface area contributed by atoms with E-state index in [0.29, 0.717) is 32.1 Å². The van der Waals surface area contributed by atoms with Gasteiger partial charge >= 0.3 is 5.97 Å². The third-order valence-electron chi connectivity index (χ3n) is 4.42. The van der Waals surface area contributed by atoms with Crippen LogP contribution >= 0.6 is 0 Å². The van der Waals surface area contributed by atoms with Crippen molar-refractivity contribution < 1.29 is 30.0 Å². The van der Waals surface area contributed by atoms with E-state index in [9.17, 15) is 20.1 Å². The number of allylic oxidation sites excluding steroid dienone is 4. The van der Waals surface area contributed by atoms with E-state index in [1.807, 2.05) is 43.4 Å². The Morgan fingerprint density at radius 3 is 2.54 bits per heavy atom. The van der Waals surface area contributed by atoms with Crippen molar-refractivity contribution in [3.63, 3.8) is 0 Å². The summed E-state index contributed by atoms with van der Waals surface area (Å²) < 4.78 is 5.71. The van der Waals surface area contributed by atoms with E-state index in [2.05, 4.69) is 0 Å². The van der Waals surface area contributed by atoms with Gasteiger partial charge in [-0.3, -0.25) is 4.79 Å². The van der Waals surface area contributed by atoms with Crippen molar-refractivity contribution in [3.05, 3.63) is 48.6 Å². The van der Waals surface area contributed by atoms with Gasteiger partial charge in [-0.15, -0.1) is 0 Å². The molecule has 4 N–H and O–H groups in total. The predicted octanol–water partition coefficient (Wildman–Crippen LogP) is 2.90. The minimum Gasteiger partial charge on any atom is -0.481 e. The fourth-order valence-corrected chi connectivity index (χ4v) is 2.84. The van der Waals surface area contributed by atoms with Gasteiger partial charge in [0.15, 0.2) is 0 Å². The van der Waals surface area contributed by atoms with Gasteiger partial charge < -0.3 is 25.2 Å². The second-order valence-corrected chi connectivity index (χ2v) is 6.92. The predicted molar refractivity (Wildman–Crippen MR) is 109 cm³/mol. The van der Waals surface area contributed by atoms with Gasteiger partial charge in [-0.25, -0.2) is 0 Å². The third-order valence-corrected chi connectivity index (χ3v) is 4.42. The molecule has 1 aliphatic rings. The summed E-state index contributed by atoms with van der Waals surface area (Å²) in [6, 6.07) is 0. The molecule has 0 spiro atoms. The van der Waals surface area contributed by atoms with Gasteiger partial charge in [-0.1, -0.05) is 55.5 Å². The largest absolute Gasteiger partial charge is 0.481 e. The molecule has 0 aromatic carbocycles. The first kappa shape index (κ1) is 24.3. The molecule has 0 aromatic rings. The van der Waals surface area contributed by atoms with Gasteiger partial charge in [-0.2, -0.15) is 0 Å². The van der Waals surface area contributed by atoms with Crippen LogP contribution < -0.4 is 0 Å². The van der Waals surface area contributed by atoms with Crippen LogP contribution in [0.5, 0.6) is 0 Å². The van der Waals surface area contributed by atoms with Crippen LogP contribution in [0.2, 0.25) is 0 Å². The Morgan fingerprint density at radius 1 is 1.11 bits per heavy atom. The number of ether oxygens (including phenoxy) is 1. The minimum absolute atomic E-state index is 0.131. The van der Waals surface area contributed by atoms with Gasteiger partial charge in [0.1, 0.15) is 6.10 Å². The second-order valence-electron chi connectivity index (χ2n) is 6.92. The van der Waals surface area contributed by atoms with Crippen molar-refractivity contribution in [1.29, 1.82) is 0 Å². The van der Waals surface area contributed by atoms with E-state index >= 15 is 0 Å². The fraction of sp³-hybridized carbons (Fsp3) is 0.591. The Hall–Kier alpha value is -1.73. The average molecular weight is 395 g/mol. The number of hydrogen-bond donors (Lipinski definition) is 4. The van der Waals surface area contributed by atoms with Crippen molar-refractivity contribution >= 4 is 5.97 Å². The number of hydrogen-bond acceptors (Lipinski definition) is 5. The lowest BCUT2D eigenvalue weighted by atomic mass is 10.0. The molecule has 0 amide bonds. The number of aliphatic hydroxyl groups excluding tert-OH is 3. The molecular formula is C22H34O6. The number of aliphatic carboxylic acids is 1. The summed E-state index contributed by atoms with van der Waals surface area (Å²) in [4.78, 5) is 10.4.